The van der Waals surface area contributed by atoms with Crippen LogP contribution in [0, 0.1) is 11.8 Å². The van der Waals surface area contributed by atoms with E-state index in [1.54, 1.807) is 25.1 Å². The molecule has 9 nitrogen and oxygen atoms in total. The SMILES string of the molecule is CCO/N=C(/C(C)=N/OCC1=C(/C(=N\OC)C(=O)OC)CC(C)=C(C)C1)c1ccc(OCC#Cc2ccc(Cl)cc2Cl)cc1. The summed E-state index contributed by atoms with van der Waals surface area (Å²) in [6.45, 7) is 8.37. The van der Waals surface area contributed by atoms with Crippen molar-refractivity contribution in [3.05, 3.63) is 85.9 Å². The third-order valence-electron chi connectivity index (χ3n) is 6.58. The number of esters is 1. The molecule has 0 radical (unpaired) electrons. The number of allylic oxidation sites excluding steroid dienone is 2. The van der Waals surface area contributed by atoms with Crippen LogP contribution in [0.25, 0.3) is 0 Å². The predicted molar refractivity (Wildman–Crippen MR) is 174 cm³/mol. The first-order chi connectivity index (χ1) is 21.2. The predicted octanol–water partition coefficient (Wildman–Crippen LogP) is 7.16. The maximum absolute atomic E-state index is 12.4. The van der Waals surface area contributed by atoms with Crippen LogP contribution in [0.1, 0.15) is 51.7 Å². The third kappa shape index (κ3) is 9.63. The molecule has 0 spiro atoms. The van der Waals surface area contributed by atoms with Crippen LogP contribution in [0.3, 0.4) is 0 Å². The summed E-state index contributed by atoms with van der Waals surface area (Å²) in [5, 5.41) is 13.5. The topological polar surface area (TPSA) is 100 Å². The van der Waals surface area contributed by atoms with Crippen molar-refractivity contribution in [3.8, 4) is 17.6 Å². The zero-order valence-corrected chi connectivity index (χ0v) is 27.1. The third-order valence-corrected chi connectivity index (χ3v) is 7.13. The average Bonchev–Trinajstić information content (AvgIpc) is 3.01. The lowest BCUT2D eigenvalue weighted by molar-refractivity contribution is -0.132. The van der Waals surface area contributed by atoms with E-state index in [0.717, 1.165) is 16.7 Å². The van der Waals surface area contributed by atoms with Crippen LogP contribution < -0.4 is 4.74 Å². The number of methoxy groups -OCH3 is 1. The van der Waals surface area contributed by atoms with Gasteiger partial charge in [-0.05, 0) is 94.1 Å². The Kier molecular flexibility index (Phi) is 13.3. The normalized spacial score (nSPS) is 14.1. The van der Waals surface area contributed by atoms with E-state index < -0.39 is 5.97 Å². The van der Waals surface area contributed by atoms with E-state index in [2.05, 4.69) is 27.3 Å². The Bertz CT molecular complexity index is 1560. The Morgan fingerprint density at radius 3 is 2.32 bits per heavy atom. The highest BCUT2D eigenvalue weighted by Gasteiger charge is 2.26. The molecule has 0 heterocycles. The lowest BCUT2D eigenvalue weighted by Gasteiger charge is -2.22. The number of nitrogens with zero attached hydrogens (tertiary/aromatic N) is 3. The van der Waals surface area contributed by atoms with Crippen LogP contribution in [-0.2, 0) is 24.0 Å². The minimum absolute atomic E-state index is 0.113. The zero-order chi connectivity index (χ0) is 32.1. The molecule has 1 aliphatic rings. The van der Waals surface area contributed by atoms with Crippen molar-refractivity contribution in [2.75, 3.05) is 34.0 Å². The molecule has 0 bridgehead atoms. The fourth-order valence-electron chi connectivity index (χ4n) is 4.17. The standard InChI is InChI=1S/C33H35Cl2N3O6/c1-7-43-38-31(25-11-14-28(15-12-25)42-16-8-9-24-10-13-27(34)19-30(24)35)23(4)36-44-20-26-17-21(2)22(3)18-29(26)32(37-41-6)33(39)40-5/h10-15,19H,7,16-18,20H2,1-6H3/b36-23+,37-32+,38-31-. The molecule has 2 aromatic rings. The molecule has 0 N–H and O–H groups in total. The number of carbonyl (C=O) groups is 1. The van der Waals surface area contributed by atoms with Crippen LogP contribution >= 0.6 is 23.2 Å². The van der Waals surface area contributed by atoms with Crippen molar-refractivity contribution in [2.45, 2.75) is 40.5 Å². The molecule has 0 fully saturated rings. The first-order valence-corrected chi connectivity index (χ1v) is 14.5. The molecular weight excluding hydrogens is 605 g/mol. The Balaban J connectivity index is 1.73. The lowest BCUT2D eigenvalue weighted by Crippen LogP contribution is -2.23. The van der Waals surface area contributed by atoms with E-state index in [0.29, 0.717) is 57.8 Å². The van der Waals surface area contributed by atoms with Gasteiger partial charge >= 0.3 is 5.97 Å². The number of ether oxygens (including phenoxy) is 2. The summed E-state index contributed by atoms with van der Waals surface area (Å²) in [5.41, 5.74) is 6.43. The fraction of sp³-hybridized carbons (Fsp3) is 0.333. The summed E-state index contributed by atoms with van der Waals surface area (Å²) in [6.07, 6.45) is 1.13. The quantitative estimate of drug-likeness (QED) is 0.0803. The highest BCUT2D eigenvalue weighted by Crippen LogP contribution is 2.31. The zero-order valence-electron chi connectivity index (χ0n) is 25.6. The van der Waals surface area contributed by atoms with Crippen LogP contribution in [-0.4, -0.2) is 57.1 Å². The highest BCUT2D eigenvalue weighted by atomic mass is 35.5. The van der Waals surface area contributed by atoms with Crippen molar-refractivity contribution in [1.29, 1.82) is 0 Å². The van der Waals surface area contributed by atoms with Crippen LogP contribution in [0.15, 0.2) is 80.2 Å². The second-order valence-corrected chi connectivity index (χ2v) is 10.5. The second-order valence-electron chi connectivity index (χ2n) is 9.66. The van der Waals surface area contributed by atoms with E-state index in [-0.39, 0.29) is 18.9 Å². The van der Waals surface area contributed by atoms with Gasteiger partial charge in [-0.2, -0.15) is 0 Å². The summed E-state index contributed by atoms with van der Waals surface area (Å²) < 4.78 is 10.7. The minimum atomic E-state index is -0.581. The molecule has 0 amide bonds. The molecule has 44 heavy (non-hydrogen) atoms. The number of hydrogen-bond acceptors (Lipinski definition) is 9. The molecule has 0 saturated heterocycles. The van der Waals surface area contributed by atoms with Gasteiger partial charge in [0.25, 0.3) is 0 Å². The lowest BCUT2D eigenvalue weighted by atomic mass is 9.85. The molecule has 0 aliphatic heterocycles. The largest absolute Gasteiger partial charge is 0.481 e. The van der Waals surface area contributed by atoms with E-state index in [1.165, 1.54) is 19.8 Å². The number of oxime groups is 3. The van der Waals surface area contributed by atoms with E-state index in [1.807, 2.05) is 45.0 Å². The number of benzene rings is 2. The van der Waals surface area contributed by atoms with Crippen LogP contribution in [0.2, 0.25) is 10.0 Å². The van der Waals surface area contributed by atoms with Gasteiger partial charge in [-0.25, -0.2) is 4.79 Å². The average molecular weight is 641 g/mol. The number of carbonyl (C=O) groups excluding carboxylic acids is 1. The first kappa shape index (κ1) is 34.2. The van der Waals surface area contributed by atoms with Crippen molar-refractivity contribution in [1.82, 2.24) is 0 Å². The smallest absolute Gasteiger partial charge is 0.360 e. The van der Waals surface area contributed by atoms with Gasteiger partial charge in [0.05, 0.1) is 12.1 Å². The van der Waals surface area contributed by atoms with Gasteiger partial charge in [0.1, 0.15) is 44.1 Å². The maximum Gasteiger partial charge on any atom is 0.360 e. The molecule has 1 aliphatic carbocycles. The second kappa shape index (κ2) is 17.1. The molecule has 0 unspecified atom stereocenters. The van der Waals surface area contributed by atoms with Crippen molar-refractivity contribution in [2.24, 2.45) is 15.5 Å². The van der Waals surface area contributed by atoms with Gasteiger partial charge in [-0.1, -0.05) is 61.7 Å². The maximum atomic E-state index is 12.4. The van der Waals surface area contributed by atoms with Crippen molar-refractivity contribution >= 4 is 46.3 Å². The Labute approximate surface area is 268 Å². The van der Waals surface area contributed by atoms with Crippen LogP contribution in [0.5, 0.6) is 5.75 Å². The van der Waals surface area contributed by atoms with E-state index in [4.69, 9.17) is 47.2 Å². The Morgan fingerprint density at radius 2 is 1.66 bits per heavy atom. The molecule has 0 aromatic heterocycles. The summed E-state index contributed by atoms with van der Waals surface area (Å²) >= 11 is 12.1. The van der Waals surface area contributed by atoms with E-state index >= 15 is 0 Å². The molecule has 2 aromatic carbocycles. The van der Waals surface area contributed by atoms with Gasteiger partial charge in [-0.3, -0.25) is 0 Å². The van der Waals surface area contributed by atoms with Gasteiger partial charge in [-0.15, -0.1) is 0 Å². The number of hydrogen-bond donors (Lipinski definition) is 0. The molecule has 232 valence electrons. The molecular formula is C33H35Cl2N3O6. The summed E-state index contributed by atoms with van der Waals surface area (Å²) in [7, 11) is 2.69. The fourth-order valence-corrected chi connectivity index (χ4v) is 4.62. The van der Waals surface area contributed by atoms with E-state index in [9.17, 15) is 4.79 Å². The Morgan fingerprint density at radius 1 is 0.932 bits per heavy atom. The summed E-state index contributed by atoms with van der Waals surface area (Å²) in [5.74, 6) is 5.97. The Hall–Kier alpha value is -4.26. The molecule has 0 atom stereocenters. The monoisotopic (exact) mass is 639 g/mol. The van der Waals surface area contributed by atoms with Gasteiger partial charge < -0.3 is 24.0 Å². The molecule has 3 rings (SSSR count). The molecule has 0 saturated carbocycles. The van der Waals surface area contributed by atoms with Crippen LogP contribution in [0.4, 0.5) is 0 Å². The summed E-state index contributed by atoms with van der Waals surface area (Å²) in [6, 6.07) is 12.4. The highest BCUT2D eigenvalue weighted by molar-refractivity contribution is 6.47. The minimum Gasteiger partial charge on any atom is -0.481 e. The summed E-state index contributed by atoms with van der Waals surface area (Å²) in [4.78, 5) is 28.5. The van der Waals surface area contributed by atoms with Gasteiger partial charge in [0.15, 0.2) is 5.71 Å². The van der Waals surface area contributed by atoms with Gasteiger partial charge in [0, 0.05) is 16.1 Å². The number of halogens is 2. The molecule has 11 heteroatoms. The van der Waals surface area contributed by atoms with Crippen molar-refractivity contribution in [3.63, 3.8) is 0 Å². The first-order valence-electron chi connectivity index (χ1n) is 13.8. The number of rotatable bonds is 12. The van der Waals surface area contributed by atoms with Crippen molar-refractivity contribution < 1.29 is 28.8 Å². The van der Waals surface area contributed by atoms with Gasteiger partial charge in [0.2, 0.25) is 0 Å².